The number of aromatic amines is 1. The van der Waals surface area contributed by atoms with Gasteiger partial charge in [0, 0.05) is 38.8 Å². The molecule has 3 heterocycles. The summed E-state index contributed by atoms with van der Waals surface area (Å²) in [6.07, 6.45) is 4.20. The van der Waals surface area contributed by atoms with Crippen molar-refractivity contribution in [2.75, 3.05) is 36.0 Å². The number of likely N-dealkylation sites (N-methyl/N-ethyl adjacent to an activating group) is 1. The number of aryl methyl sites for hydroxylation is 1. The zero-order valence-corrected chi connectivity index (χ0v) is 19.5. The summed E-state index contributed by atoms with van der Waals surface area (Å²) in [6, 6.07) is 8.13. The van der Waals surface area contributed by atoms with E-state index in [4.69, 9.17) is 29.8 Å². The Morgan fingerprint density at radius 2 is 1.94 bits per heavy atom. The number of aliphatic hydroxyl groups excluding tert-OH is 1. The molecule has 184 valence electrons. The number of hydrogen-bond acceptors (Lipinski definition) is 8. The number of rotatable bonds is 6. The van der Waals surface area contributed by atoms with Crippen molar-refractivity contribution in [2.45, 2.75) is 39.2 Å². The molecule has 1 saturated heterocycles. The average Bonchev–Trinajstić information content (AvgIpc) is 3.25. The first kappa shape index (κ1) is 26.5. The van der Waals surface area contributed by atoms with Crippen LogP contribution >= 0.6 is 0 Å². The highest BCUT2D eigenvalue weighted by Crippen LogP contribution is 2.20. The van der Waals surface area contributed by atoms with Crippen LogP contribution in [0.4, 0.5) is 11.8 Å². The first-order valence-electron chi connectivity index (χ1n) is 11.1. The topological polar surface area (TPSA) is 156 Å². The van der Waals surface area contributed by atoms with Crippen molar-refractivity contribution in [3.63, 3.8) is 0 Å². The van der Waals surface area contributed by atoms with Gasteiger partial charge in [-0.3, -0.25) is 9.59 Å². The third kappa shape index (κ3) is 7.41. The van der Waals surface area contributed by atoms with Crippen LogP contribution in [0.25, 0.3) is 11.0 Å². The maximum atomic E-state index is 9.95. The number of para-hydroxylation sites is 1. The number of H-pyrrole nitrogens is 1. The molecule has 0 spiro atoms. The van der Waals surface area contributed by atoms with Crippen molar-refractivity contribution in [1.82, 2.24) is 19.9 Å². The van der Waals surface area contributed by atoms with Gasteiger partial charge in [0.2, 0.25) is 5.95 Å². The SMILES string of the molecule is CCN(CCc1nc2c(C)cccc2[nH]1)c1nccc(N2CCCC(O)C2)n1.O=CO.O=CO. The van der Waals surface area contributed by atoms with Gasteiger partial charge in [0.05, 0.1) is 17.1 Å². The highest BCUT2D eigenvalue weighted by atomic mass is 16.3. The summed E-state index contributed by atoms with van der Waals surface area (Å²) in [5.74, 6) is 2.60. The summed E-state index contributed by atoms with van der Waals surface area (Å²) >= 11 is 0. The number of aromatic nitrogens is 4. The number of aliphatic hydroxyl groups is 1. The van der Waals surface area contributed by atoms with Crippen molar-refractivity contribution >= 4 is 35.7 Å². The Kier molecular flexibility index (Phi) is 10.7. The molecule has 11 heteroatoms. The van der Waals surface area contributed by atoms with E-state index >= 15 is 0 Å². The number of imidazole rings is 1. The number of nitrogens with one attached hydrogen (secondary N) is 1. The monoisotopic (exact) mass is 472 g/mol. The van der Waals surface area contributed by atoms with Crippen LogP contribution in [-0.2, 0) is 16.0 Å². The fraction of sp³-hybridized carbons (Fsp3) is 0.435. The number of anilines is 2. The van der Waals surface area contributed by atoms with E-state index < -0.39 is 0 Å². The van der Waals surface area contributed by atoms with Gasteiger partial charge in [0.15, 0.2) is 0 Å². The van der Waals surface area contributed by atoms with Gasteiger partial charge in [0.25, 0.3) is 12.9 Å². The molecule has 1 atom stereocenters. The van der Waals surface area contributed by atoms with Gasteiger partial charge >= 0.3 is 0 Å². The molecule has 3 aromatic rings. The molecule has 2 aromatic heterocycles. The zero-order valence-electron chi connectivity index (χ0n) is 19.5. The second kappa shape index (κ2) is 13.7. The van der Waals surface area contributed by atoms with Crippen molar-refractivity contribution in [3.05, 3.63) is 41.9 Å². The molecular weight excluding hydrogens is 440 g/mol. The van der Waals surface area contributed by atoms with Crippen LogP contribution < -0.4 is 9.80 Å². The van der Waals surface area contributed by atoms with E-state index in [0.717, 1.165) is 67.5 Å². The van der Waals surface area contributed by atoms with Gasteiger partial charge in [-0.05, 0) is 44.4 Å². The van der Waals surface area contributed by atoms with Gasteiger partial charge in [-0.1, -0.05) is 12.1 Å². The largest absolute Gasteiger partial charge is 0.483 e. The number of nitrogens with zero attached hydrogens (tertiary/aromatic N) is 5. The lowest BCUT2D eigenvalue weighted by molar-refractivity contribution is -0.123. The minimum Gasteiger partial charge on any atom is -0.483 e. The number of benzene rings is 1. The van der Waals surface area contributed by atoms with E-state index in [0.29, 0.717) is 6.54 Å². The Bertz CT molecular complexity index is 1040. The van der Waals surface area contributed by atoms with Crippen molar-refractivity contribution < 1.29 is 24.9 Å². The van der Waals surface area contributed by atoms with Gasteiger partial charge in [-0.2, -0.15) is 4.98 Å². The normalized spacial score (nSPS) is 14.9. The van der Waals surface area contributed by atoms with E-state index in [9.17, 15) is 5.11 Å². The number of carboxylic acid groups (broad SMARTS) is 2. The molecule has 1 fully saturated rings. The Morgan fingerprint density at radius 1 is 1.21 bits per heavy atom. The predicted molar refractivity (Wildman–Crippen MR) is 129 cm³/mol. The first-order chi connectivity index (χ1) is 16.5. The molecule has 4 rings (SSSR count). The second-order valence-electron chi connectivity index (χ2n) is 7.65. The smallest absolute Gasteiger partial charge is 0.290 e. The number of piperidine rings is 1. The van der Waals surface area contributed by atoms with Crippen molar-refractivity contribution in [3.8, 4) is 0 Å². The molecule has 0 radical (unpaired) electrons. The van der Waals surface area contributed by atoms with Crippen LogP contribution in [0.2, 0.25) is 0 Å². The summed E-state index contributed by atoms with van der Waals surface area (Å²) in [5.41, 5.74) is 3.31. The molecule has 1 aromatic carbocycles. The molecule has 0 amide bonds. The molecule has 0 aliphatic carbocycles. The van der Waals surface area contributed by atoms with E-state index in [2.05, 4.69) is 51.8 Å². The Hall–Kier alpha value is -3.73. The number of carbonyl (C=O) groups is 2. The third-order valence-corrected chi connectivity index (χ3v) is 5.40. The summed E-state index contributed by atoms with van der Waals surface area (Å²) < 4.78 is 0. The molecule has 1 aliphatic rings. The Labute approximate surface area is 198 Å². The summed E-state index contributed by atoms with van der Waals surface area (Å²) in [7, 11) is 0. The van der Waals surface area contributed by atoms with Gasteiger partial charge in [-0.25, -0.2) is 9.97 Å². The van der Waals surface area contributed by atoms with Crippen LogP contribution in [0.5, 0.6) is 0 Å². The highest BCUT2D eigenvalue weighted by molar-refractivity contribution is 5.78. The average molecular weight is 473 g/mol. The third-order valence-electron chi connectivity index (χ3n) is 5.40. The molecule has 0 saturated carbocycles. The van der Waals surface area contributed by atoms with Gasteiger partial charge < -0.3 is 30.1 Å². The molecule has 0 bridgehead atoms. The van der Waals surface area contributed by atoms with E-state index in [1.165, 1.54) is 5.56 Å². The lowest BCUT2D eigenvalue weighted by Crippen LogP contribution is -2.39. The summed E-state index contributed by atoms with van der Waals surface area (Å²) in [5, 5.41) is 23.7. The van der Waals surface area contributed by atoms with Crippen molar-refractivity contribution in [1.29, 1.82) is 0 Å². The quantitative estimate of drug-likeness (QED) is 0.392. The molecule has 4 N–H and O–H groups in total. The standard InChI is InChI=1S/C21H28N6O.2CH2O2/c1-3-26(13-10-18-23-17-8-4-6-15(2)20(17)24-18)21-22-11-9-19(25-21)27-12-5-7-16(28)14-27;2*2-1-3/h4,6,8-9,11,16,28H,3,5,7,10,12-14H2,1-2H3,(H,23,24);2*1H,(H,2,3). The van der Waals surface area contributed by atoms with Gasteiger partial charge in [0.1, 0.15) is 11.6 Å². The molecular formula is C23H32N6O5. The predicted octanol–water partition coefficient (Wildman–Crippen LogP) is 2.09. The van der Waals surface area contributed by atoms with Crippen LogP contribution in [-0.4, -0.2) is 80.5 Å². The lowest BCUT2D eigenvalue weighted by Gasteiger charge is -2.31. The van der Waals surface area contributed by atoms with Crippen molar-refractivity contribution in [2.24, 2.45) is 0 Å². The summed E-state index contributed by atoms with van der Waals surface area (Å²) in [4.78, 5) is 38.5. The Balaban J connectivity index is 0.000000618. The lowest BCUT2D eigenvalue weighted by atomic mass is 10.1. The molecule has 1 unspecified atom stereocenters. The van der Waals surface area contributed by atoms with E-state index in [1.54, 1.807) is 0 Å². The van der Waals surface area contributed by atoms with Gasteiger partial charge in [-0.15, -0.1) is 0 Å². The maximum absolute atomic E-state index is 9.95. The van der Waals surface area contributed by atoms with E-state index in [-0.39, 0.29) is 19.0 Å². The minimum atomic E-state index is -0.272. The second-order valence-corrected chi connectivity index (χ2v) is 7.65. The zero-order chi connectivity index (χ0) is 24.9. The highest BCUT2D eigenvalue weighted by Gasteiger charge is 2.20. The summed E-state index contributed by atoms with van der Waals surface area (Å²) in [6.45, 7) is 6.89. The van der Waals surface area contributed by atoms with E-state index in [1.807, 2.05) is 12.3 Å². The molecule has 34 heavy (non-hydrogen) atoms. The minimum absolute atomic E-state index is 0.250. The molecule has 11 nitrogen and oxygen atoms in total. The van der Waals surface area contributed by atoms with Crippen LogP contribution in [0.3, 0.4) is 0 Å². The molecule has 1 aliphatic heterocycles. The number of fused-ring (bicyclic) bond motifs is 1. The van der Waals surface area contributed by atoms with Crippen LogP contribution in [0.1, 0.15) is 31.2 Å². The fourth-order valence-electron chi connectivity index (χ4n) is 3.82. The van der Waals surface area contributed by atoms with Crippen LogP contribution in [0.15, 0.2) is 30.5 Å². The first-order valence-corrected chi connectivity index (χ1v) is 11.1. The van der Waals surface area contributed by atoms with Crippen LogP contribution in [0, 0.1) is 6.92 Å². The fourth-order valence-corrected chi connectivity index (χ4v) is 3.82. The maximum Gasteiger partial charge on any atom is 0.290 e. The Morgan fingerprint density at radius 3 is 2.59 bits per heavy atom. The number of hydrogen-bond donors (Lipinski definition) is 4. The number of β-amino-alcohol motifs (C(OH)–C–C–N with tert-alkyl or cyclic N) is 1.